The zero-order valence-electron chi connectivity index (χ0n) is 14.8. The van der Waals surface area contributed by atoms with Gasteiger partial charge < -0.3 is 25.3 Å². The Labute approximate surface area is 152 Å². The fourth-order valence-electron chi connectivity index (χ4n) is 2.87. The van der Waals surface area contributed by atoms with Gasteiger partial charge in [0.2, 0.25) is 0 Å². The normalized spacial score (nSPS) is 29.3. The SMILES string of the molecule is CO[C@H]1O[C@H](CN)[C@@H](OS(C)(=O)=O)[C@@H](OC)[C@H]1NC(=O)c1ccccc1. The molecule has 0 aliphatic carbocycles. The first-order chi connectivity index (χ1) is 12.3. The number of hydrogen-bond donors (Lipinski definition) is 2. The average Bonchev–Trinajstić information content (AvgIpc) is 2.61. The van der Waals surface area contributed by atoms with Crippen LogP contribution < -0.4 is 11.1 Å². The Balaban J connectivity index is 2.29. The van der Waals surface area contributed by atoms with Crippen LogP contribution in [0.2, 0.25) is 0 Å². The Morgan fingerprint density at radius 2 is 1.85 bits per heavy atom. The molecule has 1 aliphatic heterocycles. The summed E-state index contributed by atoms with van der Waals surface area (Å²) in [5.74, 6) is -0.382. The van der Waals surface area contributed by atoms with E-state index in [-0.39, 0.29) is 12.5 Å². The summed E-state index contributed by atoms with van der Waals surface area (Å²) in [7, 11) is -1.01. The van der Waals surface area contributed by atoms with E-state index < -0.39 is 40.8 Å². The van der Waals surface area contributed by atoms with Crippen molar-refractivity contribution in [1.29, 1.82) is 0 Å². The molecule has 1 aromatic rings. The van der Waals surface area contributed by atoms with Gasteiger partial charge in [-0.25, -0.2) is 0 Å². The molecule has 1 saturated heterocycles. The molecule has 1 fully saturated rings. The van der Waals surface area contributed by atoms with E-state index >= 15 is 0 Å². The topological polar surface area (TPSA) is 126 Å². The molecular weight excluding hydrogens is 364 g/mol. The van der Waals surface area contributed by atoms with Crippen LogP contribution in [0.25, 0.3) is 0 Å². The van der Waals surface area contributed by atoms with E-state index in [2.05, 4.69) is 5.32 Å². The van der Waals surface area contributed by atoms with Gasteiger partial charge in [0.15, 0.2) is 6.29 Å². The molecule has 1 aliphatic rings. The number of methoxy groups -OCH3 is 2. The number of hydrogen-bond acceptors (Lipinski definition) is 8. The lowest BCUT2D eigenvalue weighted by atomic mass is 9.96. The Hall–Kier alpha value is -1.56. The predicted octanol–water partition coefficient (Wildman–Crippen LogP) is -0.525. The van der Waals surface area contributed by atoms with Gasteiger partial charge in [-0.3, -0.25) is 8.98 Å². The molecule has 0 saturated carbocycles. The summed E-state index contributed by atoms with van der Waals surface area (Å²) in [5, 5.41) is 2.77. The maximum absolute atomic E-state index is 12.5. The standard InChI is InChI=1S/C16H24N2O7S/c1-22-14-12(18-15(19)10-7-5-4-6-8-10)16(23-2)24-11(9-17)13(14)25-26(3,20)21/h4-8,11-14,16H,9,17H2,1-3H3,(H,18,19)/t11-,12-,13-,14+,16+/m1/s1. The van der Waals surface area contributed by atoms with Crippen molar-refractivity contribution in [2.75, 3.05) is 27.0 Å². The highest BCUT2D eigenvalue weighted by molar-refractivity contribution is 7.86. The zero-order chi connectivity index (χ0) is 19.3. The fourth-order valence-corrected chi connectivity index (χ4v) is 3.51. The summed E-state index contributed by atoms with van der Waals surface area (Å²) in [6.45, 7) is -0.0146. The van der Waals surface area contributed by atoms with Crippen LogP contribution in [0, 0.1) is 0 Å². The largest absolute Gasteiger partial charge is 0.376 e. The van der Waals surface area contributed by atoms with Crippen molar-refractivity contribution in [3.05, 3.63) is 35.9 Å². The van der Waals surface area contributed by atoms with E-state index in [0.29, 0.717) is 5.56 Å². The van der Waals surface area contributed by atoms with Crippen LogP contribution in [0.15, 0.2) is 30.3 Å². The lowest BCUT2D eigenvalue weighted by molar-refractivity contribution is -0.251. The van der Waals surface area contributed by atoms with Crippen LogP contribution in [-0.4, -0.2) is 72.0 Å². The molecule has 0 aromatic heterocycles. The van der Waals surface area contributed by atoms with Crippen LogP contribution in [-0.2, 0) is 28.5 Å². The van der Waals surface area contributed by atoms with Gasteiger partial charge in [0.1, 0.15) is 24.4 Å². The highest BCUT2D eigenvalue weighted by Crippen LogP contribution is 2.27. The van der Waals surface area contributed by atoms with Crippen LogP contribution in [0.4, 0.5) is 0 Å². The first-order valence-corrected chi connectivity index (χ1v) is 9.77. The number of carbonyl (C=O) groups is 1. The van der Waals surface area contributed by atoms with E-state index in [0.717, 1.165) is 6.26 Å². The molecule has 0 spiro atoms. The summed E-state index contributed by atoms with van der Waals surface area (Å²) >= 11 is 0. The minimum atomic E-state index is -3.81. The molecule has 2 rings (SSSR count). The minimum Gasteiger partial charge on any atom is -0.376 e. The number of rotatable bonds is 7. The first-order valence-electron chi connectivity index (χ1n) is 7.96. The Morgan fingerprint density at radius 3 is 2.35 bits per heavy atom. The van der Waals surface area contributed by atoms with E-state index in [1.165, 1.54) is 14.2 Å². The molecule has 1 amide bonds. The lowest BCUT2D eigenvalue weighted by Gasteiger charge is -2.44. The maximum Gasteiger partial charge on any atom is 0.264 e. The van der Waals surface area contributed by atoms with Crippen molar-refractivity contribution >= 4 is 16.0 Å². The molecule has 5 atom stereocenters. The Kier molecular flexibility index (Phi) is 7.09. The van der Waals surface area contributed by atoms with E-state index in [9.17, 15) is 13.2 Å². The Bertz CT molecular complexity index is 698. The smallest absolute Gasteiger partial charge is 0.264 e. The second kappa shape index (κ2) is 8.89. The van der Waals surface area contributed by atoms with Crippen molar-refractivity contribution in [2.24, 2.45) is 5.73 Å². The van der Waals surface area contributed by atoms with Gasteiger partial charge in [0.25, 0.3) is 16.0 Å². The number of nitrogens with two attached hydrogens (primary N) is 1. The third-order valence-electron chi connectivity index (χ3n) is 4.00. The number of nitrogens with one attached hydrogen (secondary N) is 1. The molecule has 0 bridgehead atoms. The lowest BCUT2D eigenvalue weighted by Crippen LogP contribution is -2.66. The average molecular weight is 388 g/mol. The third kappa shape index (κ3) is 5.00. The number of carbonyl (C=O) groups excluding carboxylic acids is 1. The summed E-state index contributed by atoms with van der Waals surface area (Å²) in [6, 6.07) is 7.73. The molecule has 3 N–H and O–H groups in total. The molecule has 1 aromatic carbocycles. The first kappa shape index (κ1) is 20.7. The van der Waals surface area contributed by atoms with Gasteiger partial charge in [0, 0.05) is 26.3 Å². The van der Waals surface area contributed by atoms with Crippen molar-refractivity contribution in [3.8, 4) is 0 Å². The number of amides is 1. The highest BCUT2D eigenvalue weighted by atomic mass is 32.2. The van der Waals surface area contributed by atoms with Gasteiger partial charge in [0.05, 0.1) is 6.26 Å². The summed E-state index contributed by atoms with van der Waals surface area (Å²) in [6.07, 6.45) is -2.64. The zero-order valence-corrected chi connectivity index (χ0v) is 15.6. The fraction of sp³-hybridized carbons (Fsp3) is 0.562. The van der Waals surface area contributed by atoms with Crippen LogP contribution >= 0.6 is 0 Å². The Morgan fingerprint density at radius 1 is 1.19 bits per heavy atom. The molecule has 1 heterocycles. The van der Waals surface area contributed by atoms with Crippen LogP contribution in [0.3, 0.4) is 0 Å². The molecule has 0 unspecified atom stereocenters. The van der Waals surface area contributed by atoms with Crippen LogP contribution in [0.5, 0.6) is 0 Å². The predicted molar refractivity (Wildman–Crippen MR) is 92.9 cm³/mol. The highest BCUT2D eigenvalue weighted by Gasteiger charge is 2.49. The third-order valence-corrected chi connectivity index (χ3v) is 4.57. The van der Waals surface area contributed by atoms with Crippen molar-refractivity contribution < 1.29 is 31.6 Å². The summed E-state index contributed by atoms with van der Waals surface area (Å²) < 4.78 is 44.8. The molecule has 0 radical (unpaired) electrons. The molecule has 26 heavy (non-hydrogen) atoms. The van der Waals surface area contributed by atoms with Gasteiger partial charge in [-0.05, 0) is 12.1 Å². The number of ether oxygens (including phenoxy) is 3. The van der Waals surface area contributed by atoms with Gasteiger partial charge >= 0.3 is 0 Å². The van der Waals surface area contributed by atoms with Gasteiger partial charge in [-0.1, -0.05) is 18.2 Å². The van der Waals surface area contributed by atoms with E-state index in [1.54, 1.807) is 30.3 Å². The second-order valence-corrected chi connectivity index (χ2v) is 7.45. The summed E-state index contributed by atoms with van der Waals surface area (Å²) in [5.41, 5.74) is 6.12. The van der Waals surface area contributed by atoms with E-state index in [4.69, 9.17) is 24.1 Å². The number of benzene rings is 1. The minimum absolute atomic E-state index is 0.0146. The molecule has 10 heteroatoms. The van der Waals surface area contributed by atoms with Crippen molar-refractivity contribution in [2.45, 2.75) is 30.6 Å². The quantitative estimate of drug-likeness (QED) is 0.597. The summed E-state index contributed by atoms with van der Waals surface area (Å²) in [4.78, 5) is 12.5. The molecule has 146 valence electrons. The van der Waals surface area contributed by atoms with Gasteiger partial charge in [-0.15, -0.1) is 0 Å². The maximum atomic E-state index is 12.5. The molecular formula is C16H24N2O7S. The molecule has 9 nitrogen and oxygen atoms in total. The van der Waals surface area contributed by atoms with Crippen molar-refractivity contribution in [3.63, 3.8) is 0 Å². The van der Waals surface area contributed by atoms with E-state index in [1.807, 2.05) is 0 Å². The van der Waals surface area contributed by atoms with Crippen molar-refractivity contribution in [1.82, 2.24) is 5.32 Å². The van der Waals surface area contributed by atoms with Crippen LogP contribution in [0.1, 0.15) is 10.4 Å². The van der Waals surface area contributed by atoms with Gasteiger partial charge in [-0.2, -0.15) is 8.42 Å². The second-order valence-electron chi connectivity index (χ2n) is 5.84. The monoisotopic (exact) mass is 388 g/mol.